The quantitative estimate of drug-likeness (QED) is 0.790. The van der Waals surface area contributed by atoms with Crippen LogP contribution in [0.4, 0.5) is 11.4 Å². The fourth-order valence-electron chi connectivity index (χ4n) is 2.18. The second kappa shape index (κ2) is 5.11. The Hall–Kier alpha value is -1.34. The van der Waals surface area contributed by atoms with Crippen LogP contribution in [-0.2, 0) is 0 Å². The molecule has 96 valence electrons. The summed E-state index contributed by atoms with van der Waals surface area (Å²) in [5, 5.41) is 9.21. The highest BCUT2D eigenvalue weighted by atomic mass is 32.2. The number of thioether (sulfide) groups is 1. The van der Waals surface area contributed by atoms with Crippen LogP contribution in [0, 0.1) is 11.3 Å². The van der Waals surface area contributed by atoms with Crippen molar-refractivity contribution in [2.24, 2.45) is 0 Å². The van der Waals surface area contributed by atoms with Crippen molar-refractivity contribution in [3.63, 3.8) is 0 Å². The summed E-state index contributed by atoms with van der Waals surface area (Å²) in [5.41, 5.74) is 8.08. The second-order valence-electron chi connectivity index (χ2n) is 5.23. The van der Waals surface area contributed by atoms with Gasteiger partial charge in [0.15, 0.2) is 0 Å². The molecule has 1 aromatic carbocycles. The van der Waals surface area contributed by atoms with E-state index >= 15 is 0 Å². The van der Waals surface area contributed by atoms with Crippen LogP contribution in [0.25, 0.3) is 0 Å². The van der Waals surface area contributed by atoms with Crippen LogP contribution in [-0.4, -0.2) is 23.6 Å². The van der Waals surface area contributed by atoms with Crippen molar-refractivity contribution in [3.8, 4) is 6.07 Å². The highest BCUT2D eigenvalue weighted by molar-refractivity contribution is 8.00. The zero-order valence-electron chi connectivity index (χ0n) is 10.9. The molecule has 1 saturated heterocycles. The van der Waals surface area contributed by atoms with Gasteiger partial charge in [-0.1, -0.05) is 13.8 Å². The molecule has 4 heteroatoms. The minimum Gasteiger partial charge on any atom is -0.399 e. The first-order chi connectivity index (χ1) is 8.52. The van der Waals surface area contributed by atoms with Crippen molar-refractivity contribution in [3.05, 3.63) is 23.8 Å². The molecule has 0 saturated carbocycles. The number of nitrogens with two attached hydrogens (primary N) is 1. The zero-order valence-corrected chi connectivity index (χ0v) is 11.8. The first-order valence-electron chi connectivity index (χ1n) is 6.20. The molecule has 0 unspecified atom stereocenters. The molecule has 0 aliphatic carbocycles. The summed E-state index contributed by atoms with van der Waals surface area (Å²) in [7, 11) is 0. The number of nitrogens with zero attached hydrogens (tertiary/aromatic N) is 2. The van der Waals surface area contributed by atoms with Crippen LogP contribution >= 0.6 is 11.8 Å². The van der Waals surface area contributed by atoms with Crippen LogP contribution in [0.2, 0.25) is 0 Å². The SMILES string of the molecule is CC1(C)CCN(c2ccc(N)cc2C#N)CCS1. The fourth-order valence-corrected chi connectivity index (χ4v) is 3.28. The molecule has 3 nitrogen and oxygen atoms in total. The lowest BCUT2D eigenvalue weighted by molar-refractivity contribution is 0.637. The average molecular weight is 261 g/mol. The predicted octanol–water partition coefficient (Wildman–Crippen LogP) is 2.86. The van der Waals surface area contributed by atoms with E-state index in [0.717, 1.165) is 31.0 Å². The number of hydrogen-bond acceptors (Lipinski definition) is 4. The Labute approximate surface area is 113 Å². The van der Waals surface area contributed by atoms with E-state index in [9.17, 15) is 5.26 Å². The van der Waals surface area contributed by atoms with Crippen LogP contribution in [0.1, 0.15) is 25.8 Å². The van der Waals surface area contributed by atoms with Crippen molar-refractivity contribution in [2.75, 3.05) is 29.5 Å². The zero-order chi connectivity index (χ0) is 13.2. The molecule has 1 aromatic rings. The van der Waals surface area contributed by atoms with Gasteiger partial charge in [-0.25, -0.2) is 0 Å². The summed E-state index contributed by atoms with van der Waals surface area (Å²) >= 11 is 2.01. The summed E-state index contributed by atoms with van der Waals surface area (Å²) in [6.07, 6.45) is 1.13. The van der Waals surface area contributed by atoms with Gasteiger partial charge < -0.3 is 10.6 Å². The van der Waals surface area contributed by atoms with Gasteiger partial charge in [-0.2, -0.15) is 17.0 Å². The lowest BCUT2D eigenvalue weighted by Crippen LogP contribution is -2.27. The number of benzene rings is 1. The Morgan fingerprint density at radius 1 is 1.39 bits per heavy atom. The predicted molar refractivity (Wildman–Crippen MR) is 78.9 cm³/mol. The number of hydrogen-bond donors (Lipinski definition) is 1. The summed E-state index contributed by atoms with van der Waals surface area (Å²) in [4.78, 5) is 2.31. The molecule has 0 radical (unpaired) electrons. The molecule has 0 bridgehead atoms. The van der Waals surface area contributed by atoms with Gasteiger partial charge in [0, 0.05) is 29.3 Å². The van der Waals surface area contributed by atoms with Crippen molar-refractivity contribution in [1.82, 2.24) is 0 Å². The summed E-state index contributed by atoms with van der Waals surface area (Å²) < 4.78 is 0.329. The Kier molecular flexibility index (Phi) is 3.72. The molecular formula is C14H19N3S. The van der Waals surface area contributed by atoms with E-state index in [0.29, 0.717) is 16.0 Å². The molecular weight excluding hydrogens is 242 g/mol. The molecule has 2 N–H and O–H groups in total. The molecule has 0 amide bonds. The van der Waals surface area contributed by atoms with E-state index in [2.05, 4.69) is 24.8 Å². The van der Waals surface area contributed by atoms with Crippen LogP contribution in [0.3, 0.4) is 0 Å². The van der Waals surface area contributed by atoms with Crippen molar-refractivity contribution >= 4 is 23.1 Å². The Balaban J connectivity index is 2.24. The third-order valence-corrected chi connectivity index (χ3v) is 4.69. The van der Waals surface area contributed by atoms with E-state index in [1.807, 2.05) is 23.9 Å². The largest absolute Gasteiger partial charge is 0.399 e. The topological polar surface area (TPSA) is 53.0 Å². The molecule has 18 heavy (non-hydrogen) atoms. The van der Waals surface area contributed by atoms with E-state index in [1.165, 1.54) is 0 Å². The first-order valence-corrected chi connectivity index (χ1v) is 7.19. The standard InChI is InChI=1S/C14H19N3S/c1-14(2)5-6-17(7-8-18-14)13-4-3-12(16)9-11(13)10-15/h3-4,9H,5-8,16H2,1-2H3. The van der Waals surface area contributed by atoms with Gasteiger partial charge in [-0.15, -0.1) is 0 Å². The normalized spacial score (nSPS) is 19.1. The molecule has 1 heterocycles. The second-order valence-corrected chi connectivity index (χ2v) is 7.04. The van der Waals surface area contributed by atoms with Gasteiger partial charge in [0.25, 0.3) is 0 Å². The van der Waals surface area contributed by atoms with Gasteiger partial charge in [0.05, 0.1) is 11.3 Å². The van der Waals surface area contributed by atoms with Gasteiger partial charge in [-0.05, 0) is 24.6 Å². The summed E-state index contributed by atoms with van der Waals surface area (Å²) in [6.45, 7) is 6.57. The maximum atomic E-state index is 9.21. The van der Waals surface area contributed by atoms with Crippen molar-refractivity contribution in [1.29, 1.82) is 5.26 Å². The molecule has 2 rings (SSSR count). The minimum absolute atomic E-state index is 0.329. The van der Waals surface area contributed by atoms with E-state index < -0.39 is 0 Å². The number of nitrogen functional groups attached to an aromatic ring is 1. The average Bonchev–Trinajstić information content (AvgIpc) is 2.50. The third kappa shape index (κ3) is 2.91. The summed E-state index contributed by atoms with van der Waals surface area (Å²) in [5.74, 6) is 1.10. The lowest BCUT2D eigenvalue weighted by atomic mass is 10.1. The van der Waals surface area contributed by atoms with Crippen molar-refractivity contribution in [2.45, 2.75) is 25.0 Å². The minimum atomic E-state index is 0.329. The molecule has 1 fully saturated rings. The van der Waals surface area contributed by atoms with Crippen LogP contribution in [0.15, 0.2) is 18.2 Å². The molecule has 0 atom stereocenters. The number of anilines is 2. The monoisotopic (exact) mass is 261 g/mol. The lowest BCUT2D eigenvalue weighted by Gasteiger charge is -2.25. The Bertz CT molecular complexity index is 476. The highest BCUT2D eigenvalue weighted by Gasteiger charge is 2.24. The van der Waals surface area contributed by atoms with Gasteiger partial charge in [-0.3, -0.25) is 0 Å². The maximum absolute atomic E-state index is 9.21. The van der Waals surface area contributed by atoms with E-state index in [-0.39, 0.29) is 0 Å². The number of nitriles is 1. The fraction of sp³-hybridized carbons (Fsp3) is 0.500. The molecule has 1 aliphatic heterocycles. The number of rotatable bonds is 1. The first kappa shape index (κ1) is 13.1. The molecule has 0 spiro atoms. The van der Waals surface area contributed by atoms with E-state index in [1.54, 1.807) is 6.07 Å². The van der Waals surface area contributed by atoms with Crippen LogP contribution in [0.5, 0.6) is 0 Å². The Morgan fingerprint density at radius 3 is 2.89 bits per heavy atom. The van der Waals surface area contributed by atoms with Gasteiger partial charge in [0.2, 0.25) is 0 Å². The maximum Gasteiger partial charge on any atom is 0.101 e. The Morgan fingerprint density at radius 2 is 2.17 bits per heavy atom. The van der Waals surface area contributed by atoms with Crippen LogP contribution < -0.4 is 10.6 Å². The summed E-state index contributed by atoms with van der Waals surface area (Å²) in [6, 6.07) is 7.85. The smallest absolute Gasteiger partial charge is 0.101 e. The van der Waals surface area contributed by atoms with Gasteiger partial charge >= 0.3 is 0 Å². The van der Waals surface area contributed by atoms with E-state index in [4.69, 9.17) is 5.73 Å². The highest BCUT2D eigenvalue weighted by Crippen LogP contribution is 2.33. The molecule has 1 aliphatic rings. The third-order valence-electron chi connectivity index (χ3n) is 3.32. The van der Waals surface area contributed by atoms with Gasteiger partial charge in [0.1, 0.15) is 6.07 Å². The molecule has 0 aromatic heterocycles. The van der Waals surface area contributed by atoms with Crippen molar-refractivity contribution < 1.29 is 0 Å².